The van der Waals surface area contributed by atoms with E-state index in [4.69, 9.17) is 0 Å². The number of benzene rings is 1. The van der Waals surface area contributed by atoms with Gasteiger partial charge in [0, 0.05) is 19.7 Å². The molecule has 1 heterocycles. The van der Waals surface area contributed by atoms with E-state index in [1.807, 2.05) is 38.2 Å². The van der Waals surface area contributed by atoms with Gasteiger partial charge < -0.3 is 0 Å². The van der Waals surface area contributed by atoms with Crippen LogP contribution in [0.1, 0.15) is 21.6 Å². The highest BCUT2D eigenvalue weighted by molar-refractivity contribution is 5.95. The minimum Gasteiger partial charge on any atom is -0.292 e. The van der Waals surface area contributed by atoms with E-state index in [0.717, 1.165) is 11.1 Å². The van der Waals surface area contributed by atoms with Crippen LogP contribution in [0, 0.1) is 6.92 Å². The molecular formula is C13H14N2O. The van der Waals surface area contributed by atoms with Crippen molar-refractivity contribution in [3.8, 4) is 0 Å². The van der Waals surface area contributed by atoms with Crippen molar-refractivity contribution in [2.24, 2.45) is 7.05 Å². The minimum absolute atomic E-state index is 0.0647. The van der Waals surface area contributed by atoms with Gasteiger partial charge in [0.1, 0.15) is 5.69 Å². The van der Waals surface area contributed by atoms with Crippen LogP contribution in [0.5, 0.6) is 0 Å². The first kappa shape index (κ1) is 10.6. The molecule has 0 radical (unpaired) electrons. The number of aryl methyl sites for hydroxylation is 2. The molecule has 0 amide bonds. The van der Waals surface area contributed by atoms with Gasteiger partial charge >= 0.3 is 0 Å². The SMILES string of the molecule is Cc1ccccc1CC(=O)c1ccn(C)n1. The van der Waals surface area contributed by atoms with Gasteiger partial charge in [0.2, 0.25) is 0 Å². The lowest BCUT2D eigenvalue weighted by molar-refractivity contribution is 0.0987. The van der Waals surface area contributed by atoms with Crippen molar-refractivity contribution in [3.05, 3.63) is 53.3 Å². The normalized spacial score (nSPS) is 10.4. The van der Waals surface area contributed by atoms with Gasteiger partial charge in [0.05, 0.1) is 0 Å². The quantitative estimate of drug-likeness (QED) is 0.734. The summed E-state index contributed by atoms with van der Waals surface area (Å²) >= 11 is 0. The van der Waals surface area contributed by atoms with E-state index in [9.17, 15) is 4.79 Å². The Balaban J connectivity index is 2.17. The summed E-state index contributed by atoms with van der Waals surface area (Å²) in [6.07, 6.45) is 2.20. The fourth-order valence-electron chi connectivity index (χ4n) is 1.64. The second-order valence-electron chi connectivity index (χ2n) is 3.90. The van der Waals surface area contributed by atoms with E-state index in [-0.39, 0.29) is 5.78 Å². The predicted molar refractivity (Wildman–Crippen MR) is 62.4 cm³/mol. The topological polar surface area (TPSA) is 34.9 Å². The number of aromatic nitrogens is 2. The smallest absolute Gasteiger partial charge is 0.187 e. The number of rotatable bonds is 3. The molecule has 0 bridgehead atoms. The summed E-state index contributed by atoms with van der Waals surface area (Å²) in [6, 6.07) is 9.68. The van der Waals surface area contributed by atoms with Crippen molar-refractivity contribution in [2.75, 3.05) is 0 Å². The van der Waals surface area contributed by atoms with Crippen molar-refractivity contribution >= 4 is 5.78 Å². The zero-order valence-corrected chi connectivity index (χ0v) is 9.47. The van der Waals surface area contributed by atoms with Crippen LogP contribution in [-0.2, 0) is 13.5 Å². The van der Waals surface area contributed by atoms with Crippen LogP contribution >= 0.6 is 0 Å². The van der Waals surface area contributed by atoms with Gasteiger partial charge in [-0.05, 0) is 24.1 Å². The molecule has 0 aliphatic rings. The number of Topliss-reactive ketones (excluding diaryl/α,β-unsaturated/α-hetero) is 1. The first-order valence-electron chi connectivity index (χ1n) is 5.24. The Morgan fingerprint density at radius 3 is 2.69 bits per heavy atom. The van der Waals surface area contributed by atoms with Crippen LogP contribution in [0.2, 0.25) is 0 Å². The van der Waals surface area contributed by atoms with Gasteiger partial charge in [-0.15, -0.1) is 0 Å². The predicted octanol–water partition coefficient (Wildman–Crippen LogP) is 2.15. The summed E-state index contributed by atoms with van der Waals surface area (Å²) < 4.78 is 1.64. The molecule has 1 aromatic carbocycles. The number of carbonyl (C=O) groups is 1. The average molecular weight is 214 g/mol. The monoisotopic (exact) mass is 214 g/mol. The molecule has 3 heteroatoms. The third-order valence-corrected chi connectivity index (χ3v) is 2.61. The lowest BCUT2D eigenvalue weighted by atomic mass is 10.0. The van der Waals surface area contributed by atoms with E-state index in [1.165, 1.54) is 0 Å². The van der Waals surface area contributed by atoms with E-state index in [1.54, 1.807) is 16.9 Å². The van der Waals surface area contributed by atoms with Crippen LogP contribution in [-0.4, -0.2) is 15.6 Å². The summed E-state index contributed by atoms with van der Waals surface area (Å²) in [5.41, 5.74) is 2.75. The molecule has 0 spiro atoms. The van der Waals surface area contributed by atoms with Gasteiger partial charge in [0.15, 0.2) is 5.78 Å². The molecule has 0 saturated carbocycles. The molecule has 2 rings (SSSR count). The zero-order valence-electron chi connectivity index (χ0n) is 9.47. The maximum Gasteiger partial charge on any atom is 0.187 e. The Morgan fingerprint density at radius 2 is 2.06 bits per heavy atom. The number of nitrogens with zero attached hydrogens (tertiary/aromatic N) is 2. The fourth-order valence-corrected chi connectivity index (χ4v) is 1.64. The Morgan fingerprint density at radius 1 is 1.31 bits per heavy atom. The van der Waals surface area contributed by atoms with Gasteiger partial charge in [0.25, 0.3) is 0 Å². The van der Waals surface area contributed by atoms with Crippen molar-refractivity contribution in [2.45, 2.75) is 13.3 Å². The Bertz CT molecular complexity index is 514. The molecule has 1 aromatic heterocycles. The summed E-state index contributed by atoms with van der Waals surface area (Å²) in [5, 5.41) is 4.10. The van der Waals surface area contributed by atoms with Crippen molar-refractivity contribution in [3.63, 3.8) is 0 Å². The summed E-state index contributed by atoms with van der Waals surface area (Å²) in [6.45, 7) is 2.01. The van der Waals surface area contributed by atoms with Crippen molar-refractivity contribution < 1.29 is 4.79 Å². The van der Waals surface area contributed by atoms with Gasteiger partial charge in [-0.3, -0.25) is 9.48 Å². The summed E-state index contributed by atoms with van der Waals surface area (Å²) in [4.78, 5) is 11.9. The van der Waals surface area contributed by atoms with E-state index in [2.05, 4.69) is 5.10 Å². The minimum atomic E-state index is 0.0647. The first-order chi connectivity index (χ1) is 7.66. The fraction of sp³-hybridized carbons (Fsp3) is 0.231. The third-order valence-electron chi connectivity index (χ3n) is 2.61. The molecule has 0 aliphatic heterocycles. The van der Waals surface area contributed by atoms with Crippen LogP contribution in [0.4, 0.5) is 0 Å². The maximum absolute atomic E-state index is 11.9. The standard InChI is InChI=1S/C13H14N2O/c1-10-5-3-4-6-11(10)9-13(16)12-7-8-15(2)14-12/h3-8H,9H2,1-2H3. The highest BCUT2D eigenvalue weighted by Crippen LogP contribution is 2.10. The summed E-state index contributed by atoms with van der Waals surface area (Å²) in [7, 11) is 1.81. The molecule has 0 saturated heterocycles. The molecular weight excluding hydrogens is 200 g/mol. The van der Waals surface area contributed by atoms with Gasteiger partial charge in [-0.2, -0.15) is 5.10 Å². The van der Waals surface area contributed by atoms with E-state index < -0.39 is 0 Å². The van der Waals surface area contributed by atoms with E-state index in [0.29, 0.717) is 12.1 Å². The third kappa shape index (κ3) is 2.19. The lowest BCUT2D eigenvalue weighted by Crippen LogP contribution is -2.06. The number of carbonyl (C=O) groups excluding carboxylic acids is 1. The van der Waals surface area contributed by atoms with Crippen LogP contribution < -0.4 is 0 Å². The van der Waals surface area contributed by atoms with Crippen LogP contribution in [0.15, 0.2) is 36.5 Å². The van der Waals surface area contributed by atoms with Crippen LogP contribution in [0.3, 0.4) is 0 Å². The highest BCUT2D eigenvalue weighted by atomic mass is 16.1. The highest BCUT2D eigenvalue weighted by Gasteiger charge is 2.10. The molecule has 0 fully saturated rings. The van der Waals surface area contributed by atoms with Crippen molar-refractivity contribution in [1.82, 2.24) is 9.78 Å². The summed E-state index contributed by atoms with van der Waals surface area (Å²) in [5.74, 6) is 0.0647. The lowest BCUT2D eigenvalue weighted by Gasteiger charge is -2.02. The van der Waals surface area contributed by atoms with Gasteiger partial charge in [-0.25, -0.2) is 0 Å². The average Bonchev–Trinajstić information content (AvgIpc) is 2.68. The Hall–Kier alpha value is -1.90. The molecule has 0 N–H and O–H groups in total. The molecule has 16 heavy (non-hydrogen) atoms. The molecule has 3 nitrogen and oxygen atoms in total. The van der Waals surface area contributed by atoms with Gasteiger partial charge in [-0.1, -0.05) is 24.3 Å². The number of hydrogen-bond acceptors (Lipinski definition) is 2. The number of hydrogen-bond donors (Lipinski definition) is 0. The molecule has 0 atom stereocenters. The van der Waals surface area contributed by atoms with Crippen LogP contribution in [0.25, 0.3) is 0 Å². The Kier molecular flexibility index (Phi) is 2.86. The molecule has 82 valence electrons. The molecule has 0 aliphatic carbocycles. The maximum atomic E-state index is 11.9. The largest absolute Gasteiger partial charge is 0.292 e. The molecule has 0 unspecified atom stereocenters. The Labute approximate surface area is 94.7 Å². The van der Waals surface area contributed by atoms with E-state index >= 15 is 0 Å². The zero-order chi connectivity index (χ0) is 11.5. The van der Waals surface area contributed by atoms with Crippen molar-refractivity contribution in [1.29, 1.82) is 0 Å². The first-order valence-corrected chi connectivity index (χ1v) is 5.24. The number of ketones is 1. The second-order valence-corrected chi connectivity index (χ2v) is 3.90. The second kappa shape index (κ2) is 4.31. The molecule has 2 aromatic rings.